The van der Waals surface area contributed by atoms with Crippen molar-refractivity contribution in [2.45, 2.75) is 6.54 Å². The normalized spacial score (nSPS) is 10.5. The molecular weight excluding hydrogens is 268 g/mol. The molecule has 1 aromatic carbocycles. The van der Waals surface area contributed by atoms with Crippen LogP contribution in [0.1, 0.15) is 21.5 Å². The number of carboxylic acid groups (broad SMARTS) is 1. The number of amides is 1. The molecule has 0 aliphatic carbocycles. The Hall–Kier alpha value is -2.95. The molecule has 0 bridgehead atoms. The van der Waals surface area contributed by atoms with E-state index in [1.807, 2.05) is 30.3 Å². The van der Waals surface area contributed by atoms with Crippen molar-refractivity contribution in [2.24, 2.45) is 0 Å². The first-order valence-electron chi connectivity index (χ1n) is 6.33. The fourth-order valence-corrected chi connectivity index (χ4v) is 1.72. The van der Waals surface area contributed by atoms with E-state index in [1.54, 1.807) is 6.07 Å². The number of carbonyl (C=O) groups is 2. The van der Waals surface area contributed by atoms with E-state index in [2.05, 4.69) is 10.3 Å². The van der Waals surface area contributed by atoms with Crippen LogP contribution in [0.15, 0.2) is 54.9 Å². The molecule has 5 heteroatoms. The van der Waals surface area contributed by atoms with E-state index in [9.17, 15) is 9.59 Å². The molecule has 0 saturated carbocycles. The molecule has 0 fully saturated rings. The van der Waals surface area contributed by atoms with E-state index in [0.717, 1.165) is 11.6 Å². The summed E-state index contributed by atoms with van der Waals surface area (Å²) >= 11 is 0. The second kappa shape index (κ2) is 7.00. The maximum absolute atomic E-state index is 12.0. The smallest absolute Gasteiger partial charge is 0.328 e. The largest absolute Gasteiger partial charge is 0.478 e. The maximum Gasteiger partial charge on any atom is 0.328 e. The zero-order chi connectivity index (χ0) is 15.1. The van der Waals surface area contributed by atoms with E-state index < -0.39 is 5.97 Å². The van der Waals surface area contributed by atoms with Gasteiger partial charge in [-0.2, -0.15) is 0 Å². The van der Waals surface area contributed by atoms with Crippen LogP contribution >= 0.6 is 0 Å². The van der Waals surface area contributed by atoms with Crippen molar-refractivity contribution in [2.75, 3.05) is 0 Å². The SMILES string of the molecule is O=C(O)C=Cc1cncc(C(=O)NCc2ccccc2)c1. The summed E-state index contributed by atoms with van der Waals surface area (Å²) in [5.41, 5.74) is 1.95. The van der Waals surface area contributed by atoms with Crippen LogP contribution in [-0.2, 0) is 11.3 Å². The van der Waals surface area contributed by atoms with E-state index >= 15 is 0 Å². The summed E-state index contributed by atoms with van der Waals surface area (Å²) in [5.74, 6) is -1.30. The van der Waals surface area contributed by atoms with Gasteiger partial charge in [-0.25, -0.2) is 4.79 Å². The minimum Gasteiger partial charge on any atom is -0.478 e. The minimum atomic E-state index is -1.05. The number of hydrogen-bond acceptors (Lipinski definition) is 3. The highest BCUT2D eigenvalue weighted by atomic mass is 16.4. The summed E-state index contributed by atoms with van der Waals surface area (Å²) in [6, 6.07) is 11.1. The molecule has 2 N–H and O–H groups in total. The van der Waals surface area contributed by atoms with Gasteiger partial charge in [0.15, 0.2) is 0 Å². The molecule has 1 heterocycles. The lowest BCUT2D eigenvalue weighted by Crippen LogP contribution is -2.22. The fraction of sp³-hybridized carbons (Fsp3) is 0.0625. The molecule has 0 saturated heterocycles. The third-order valence-electron chi connectivity index (χ3n) is 2.74. The summed E-state index contributed by atoms with van der Waals surface area (Å²) in [7, 11) is 0. The van der Waals surface area contributed by atoms with Crippen molar-refractivity contribution in [1.82, 2.24) is 10.3 Å². The van der Waals surface area contributed by atoms with Gasteiger partial charge in [-0.1, -0.05) is 30.3 Å². The van der Waals surface area contributed by atoms with E-state index in [-0.39, 0.29) is 5.91 Å². The zero-order valence-corrected chi connectivity index (χ0v) is 11.2. The van der Waals surface area contributed by atoms with Crippen LogP contribution in [0.4, 0.5) is 0 Å². The van der Waals surface area contributed by atoms with Gasteiger partial charge in [-0.3, -0.25) is 9.78 Å². The lowest BCUT2D eigenvalue weighted by Gasteiger charge is -2.05. The average molecular weight is 282 g/mol. The Morgan fingerprint density at radius 3 is 2.67 bits per heavy atom. The Bertz CT molecular complexity index is 666. The monoisotopic (exact) mass is 282 g/mol. The molecule has 5 nitrogen and oxygen atoms in total. The summed E-state index contributed by atoms with van der Waals surface area (Å²) in [6.07, 6.45) is 5.33. The number of carbonyl (C=O) groups excluding carboxylic acids is 1. The molecular formula is C16H14N2O3. The highest BCUT2D eigenvalue weighted by Gasteiger charge is 2.06. The van der Waals surface area contributed by atoms with Gasteiger partial charge in [0.2, 0.25) is 0 Å². The number of benzene rings is 1. The Kier molecular flexibility index (Phi) is 4.82. The van der Waals surface area contributed by atoms with Gasteiger partial charge in [-0.15, -0.1) is 0 Å². The number of nitrogens with zero attached hydrogens (tertiary/aromatic N) is 1. The number of carboxylic acids is 1. The van der Waals surface area contributed by atoms with Gasteiger partial charge in [0.25, 0.3) is 5.91 Å². The second-order valence-electron chi connectivity index (χ2n) is 4.35. The molecule has 0 radical (unpaired) electrons. The maximum atomic E-state index is 12.0. The summed E-state index contributed by atoms with van der Waals surface area (Å²) in [4.78, 5) is 26.4. The predicted molar refractivity (Wildman–Crippen MR) is 78.5 cm³/mol. The molecule has 0 aliphatic heterocycles. The first-order chi connectivity index (χ1) is 10.1. The van der Waals surface area contributed by atoms with Crippen molar-refractivity contribution in [1.29, 1.82) is 0 Å². The predicted octanol–water partition coefficient (Wildman–Crippen LogP) is 2.11. The molecule has 0 unspecified atom stereocenters. The number of pyridine rings is 1. The first kappa shape index (κ1) is 14.5. The number of rotatable bonds is 5. The Labute approximate surface area is 122 Å². The summed E-state index contributed by atoms with van der Waals surface area (Å²) < 4.78 is 0. The summed E-state index contributed by atoms with van der Waals surface area (Å²) in [6.45, 7) is 0.425. The third-order valence-corrected chi connectivity index (χ3v) is 2.74. The third kappa shape index (κ3) is 4.58. The first-order valence-corrected chi connectivity index (χ1v) is 6.33. The molecule has 2 aromatic rings. The van der Waals surface area contributed by atoms with Crippen LogP contribution in [0, 0.1) is 0 Å². The standard InChI is InChI=1S/C16H14N2O3/c19-15(20)7-6-13-8-14(11-17-9-13)16(21)18-10-12-4-2-1-3-5-12/h1-9,11H,10H2,(H,18,21)(H,19,20). The highest BCUT2D eigenvalue weighted by Crippen LogP contribution is 2.06. The van der Waals surface area contributed by atoms with Crippen LogP contribution in [0.5, 0.6) is 0 Å². The van der Waals surface area contributed by atoms with Crippen LogP contribution in [0.25, 0.3) is 6.08 Å². The summed E-state index contributed by atoms with van der Waals surface area (Å²) in [5, 5.41) is 11.4. The Morgan fingerprint density at radius 1 is 1.19 bits per heavy atom. The molecule has 0 spiro atoms. The van der Waals surface area contributed by atoms with Crippen molar-refractivity contribution >= 4 is 18.0 Å². The quantitative estimate of drug-likeness (QED) is 0.823. The second-order valence-corrected chi connectivity index (χ2v) is 4.35. The Balaban J connectivity index is 2.02. The van der Waals surface area contributed by atoms with Crippen LogP contribution in [0.3, 0.4) is 0 Å². The molecule has 21 heavy (non-hydrogen) atoms. The van der Waals surface area contributed by atoms with Gasteiger partial charge < -0.3 is 10.4 Å². The van der Waals surface area contributed by atoms with Crippen molar-refractivity contribution in [3.05, 3.63) is 71.6 Å². The Morgan fingerprint density at radius 2 is 1.95 bits per heavy atom. The van der Waals surface area contributed by atoms with Crippen molar-refractivity contribution < 1.29 is 14.7 Å². The number of aliphatic carboxylic acids is 1. The molecule has 0 aliphatic rings. The lowest BCUT2D eigenvalue weighted by molar-refractivity contribution is -0.131. The van der Waals surface area contributed by atoms with Gasteiger partial charge in [0, 0.05) is 25.0 Å². The number of aromatic nitrogens is 1. The minimum absolute atomic E-state index is 0.253. The van der Waals surface area contributed by atoms with Crippen LogP contribution < -0.4 is 5.32 Å². The van der Waals surface area contributed by atoms with Gasteiger partial charge >= 0.3 is 5.97 Å². The fourth-order valence-electron chi connectivity index (χ4n) is 1.72. The van der Waals surface area contributed by atoms with E-state index in [1.165, 1.54) is 18.5 Å². The lowest BCUT2D eigenvalue weighted by atomic mass is 10.1. The average Bonchev–Trinajstić information content (AvgIpc) is 2.52. The van der Waals surface area contributed by atoms with Crippen LogP contribution in [0.2, 0.25) is 0 Å². The topological polar surface area (TPSA) is 79.3 Å². The molecule has 1 aromatic heterocycles. The molecule has 1 amide bonds. The van der Waals surface area contributed by atoms with Gasteiger partial charge in [-0.05, 0) is 23.3 Å². The van der Waals surface area contributed by atoms with Crippen LogP contribution in [-0.4, -0.2) is 22.0 Å². The van der Waals surface area contributed by atoms with Crippen molar-refractivity contribution in [3.8, 4) is 0 Å². The van der Waals surface area contributed by atoms with Gasteiger partial charge in [0.05, 0.1) is 5.56 Å². The highest BCUT2D eigenvalue weighted by molar-refractivity contribution is 5.94. The zero-order valence-electron chi connectivity index (χ0n) is 11.2. The van der Waals surface area contributed by atoms with E-state index in [4.69, 9.17) is 5.11 Å². The van der Waals surface area contributed by atoms with Gasteiger partial charge in [0.1, 0.15) is 0 Å². The molecule has 2 rings (SSSR count). The molecule has 106 valence electrons. The van der Waals surface area contributed by atoms with Crippen molar-refractivity contribution in [3.63, 3.8) is 0 Å². The molecule has 0 atom stereocenters. The number of hydrogen-bond donors (Lipinski definition) is 2. The van der Waals surface area contributed by atoms with E-state index in [0.29, 0.717) is 17.7 Å². The number of nitrogens with one attached hydrogen (secondary N) is 1.